The quantitative estimate of drug-likeness (QED) is 0.0932. The molecule has 0 radical (unpaired) electrons. The van der Waals surface area contributed by atoms with Gasteiger partial charge in [0.2, 0.25) is 5.91 Å². The first-order valence-electron chi connectivity index (χ1n) is 17.8. The van der Waals surface area contributed by atoms with Gasteiger partial charge < -0.3 is 30.7 Å². The zero-order valence-corrected chi connectivity index (χ0v) is 29.8. The van der Waals surface area contributed by atoms with E-state index in [2.05, 4.69) is 45.5 Å². The average molecular weight is 691 g/mol. The van der Waals surface area contributed by atoms with E-state index >= 15 is 0 Å². The second-order valence-electron chi connectivity index (χ2n) is 13.9. The lowest BCUT2D eigenvalue weighted by Crippen LogP contribution is -2.52. The van der Waals surface area contributed by atoms with Gasteiger partial charge in [-0.1, -0.05) is 109 Å². The Morgan fingerprint density at radius 2 is 1.27 bits per heavy atom. The van der Waals surface area contributed by atoms with Gasteiger partial charge in [-0.3, -0.25) is 4.79 Å². The second kappa shape index (κ2) is 18.2. The summed E-state index contributed by atoms with van der Waals surface area (Å²) in [5.74, 6) is -0.165. The lowest BCUT2D eigenvalue weighted by molar-refractivity contribution is -0.123. The fraction of sp³-hybridized carbons (Fsp3) is 0.357. The first-order chi connectivity index (χ1) is 24.7. The molecule has 4 aromatic rings. The summed E-state index contributed by atoms with van der Waals surface area (Å²) in [6, 6.07) is 35.5. The van der Waals surface area contributed by atoms with Crippen LogP contribution in [0.3, 0.4) is 0 Å². The largest absolute Gasteiger partial charge is 0.449 e. The van der Waals surface area contributed by atoms with E-state index in [0.717, 1.165) is 22.3 Å². The Balaban J connectivity index is 1.21. The third-order valence-electron chi connectivity index (χ3n) is 8.81. The molecule has 0 spiro atoms. The van der Waals surface area contributed by atoms with Crippen molar-refractivity contribution in [2.75, 3.05) is 19.7 Å². The minimum Gasteiger partial charge on any atom is -0.449 e. The highest BCUT2D eigenvalue weighted by atomic mass is 16.6. The SMILES string of the molecule is CC(C)(C)OC(=O)NCCCC[C@H](N[C@H](CNC(=O)OCC1c2ccccc2-c2ccccc21)Cc1ccccc1)C(=O)NCc1ccccc1. The molecule has 3 amide bonds. The number of carbonyl (C=O) groups excluding carboxylic acids is 3. The van der Waals surface area contributed by atoms with Gasteiger partial charge in [-0.15, -0.1) is 0 Å². The Morgan fingerprint density at radius 3 is 1.90 bits per heavy atom. The molecule has 0 aliphatic heterocycles. The molecule has 268 valence electrons. The summed E-state index contributed by atoms with van der Waals surface area (Å²) >= 11 is 0. The number of rotatable bonds is 16. The van der Waals surface area contributed by atoms with Crippen molar-refractivity contribution < 1.29 is 23.9 Å². The van der Waals surface area contributed by atoms with Gasteiger partial charge in [0, 0.05) is 31.6 Å². The molecule has 0 saturated carbocycles. The van der Waals surface area contributed by atoms with E-state index in [9.17, 15) is 14.4 Å². The third-order valence-corrected chi connectivity index (χ3v) is 8.81. The summed E-state index contributed by atoms with van der Waals surface area (Å²) in [6.45, 7) is 6.79. The van der Waals surface area contributed by atoms with Gasteiger partial charge in [0.1, 0.15) is 12.2 Å². The lowest BCUT2D eigenvalue weighted by Gasteiger charge is -2.26. The molecule has 0 aromatic heterocycles. The van der Waals surface area contributed by atoms with Crippen LogP contribution in [0.4, 0.5) is 9.59 Å². The maximum atomic E-state index is 13.6. The normalized spacial score (nSPS) is 13.3. The van der Waals surface area contributed by atoms with Crippen molar-refractivity contribution in [2.45, 2.75) is 76.6 Å². The number of alkyl carbamates (subject to hydrolysis) is 2. The molecule has 9 nitrogen and oxygen atoms in total. The summed E-state index contributed by atoms with van der Waals surface area (Å²) in [6.07, 6.45) is 1.52. The summed E-state index contributed by atoms with van der Waals surface area (Å²) in [4.78, 5) is 38.9. The second-order valence-corrected chi connectivity index (χ2v) is 13.9. The van der Waals surface area contributed by atoms with Crippen molar-refractivity contribution in [1.82, 2.24) is 21.3 Å². The molecule has 0 fully saturated rings. The number of ether oxygens (including phenoxy) is 2. The van der Waals surface area contributed by atoms with Crippen LogP contribution in [0.5, 0.6) is 0 Å². The zero-order chi connectivity index (χ0) is 36.1. The van der Waals surface area contributed by atoms with Crippen LogP contribution in [-0.2, 0) is 27.2 Å². The van der Waals surface area contributed by atoms with Gasteiger partial charge in [-0.25, -0.2) is 9.59 Å². The zero-order valence-electron chi connectivity index (χ0n) is 29.8. The van der Waals surface area contributed by atoms with Gasteiger partial charge in [-0.05, 0) is 79.8 Å². The highest BCUT2D eigenvalue weighted by Gasteiger charge is 2.29. The van der Waals surface area contributed by atoms with Crippen molar-refractivity contribution >= 4 is 18.1 Å². The summed E-state index contributed by atoms with van der Waals surface area (Å²) in [5.41, 5.74) is 6.16. The number of fused-ring (bicyclic) bond motifs is 3. The fourth-order valence-electron chi connectivity index (χ4n) is 6.41. The maximum Gasteiger partial charge on any atom is 0.407 e. The van der Waals surface area contributed by atoms with E-state index in [4.69, 9.17) is 9.47 Å². The van der Waals surface area contributed by atoms with Crippen LogP contribution in [0.25, 0.3) is 11.1 Å². The van der Waals surface area contributed by atoms with Crippen molar-refractivity contribution in [3.63, 3.8) is 0 Å². The summed E-state index contributed by atoms with van der Waals surface area (Å²) in [7, 11) is 0. The van der Waals surface area contributed by atoms with Gasteiger partial charge in [0.15, 0.2) is 0 Å². The number of carbonyl (C=O) groups is 3. The molecule has 9 heteroatoms. The average Bonchev–Trinajstić information content (AvgIpc) is 3.44. The Labute approximate surface area is 301 Å². The highest BCUT2D eigenvalue weighted by Crippen LogP contribution is 2.44. The Kier molecular flexibility index (Phi) is 13.2. The lowest BCUT2D eigenvalue weighted by atomic mass is 9.98. The molecule has 4 N–H and O–H groups in total. The van der Waals surface area contributed by atoms with Crippen molar-refractivity contribution in [2.24, 2.45) is 0 Å². The summed E-state index contributed by atoms with van der Waals surface area (Å²) < 4.78 is 11.2. The third kappa shape index (κ3) is 11.4. The molecule has 0 unspecified atom stereocenters. The number of benzene rings is 4. The monoisotopic (exact) mass is 690 g/mol. The number of amides is 3. The molecule has 4 aromatic carbocycles. The molecule has 2 atom stereocenters. The smallest absolute Gasteiger partial charge is 0.407 e. The molecule has 5 rings (SSSR count). The molecule has 0 heterocycles. The highest BCUT2D eigenvalue weighted by molar-refractivity contribution is 5.82. The van der Waals surface area contributed by atoms with Gasteiger partial charge >= 0.3 is 12.2 Å². The Morgan fingerprint density at radius 1 is 0.686 bits per heavy atom. The molecule has 1 aliphatic rings. The predicted octanol–water partition coefficient (Wildman–Crippen LogP) is 7.11. The van der Waals surface area contributed by atoms with Crippen LogP contribution in [0.1, 0.15) is 68.2 Å². The maximum absolute atomic E-state index is 13.6. The van der Waals surface area contributed by atoms with Gasteiger partial charge in [0.25, 0.3) is 0 Å². The van der Waals surface area contributed by atoms with Crippen LogP contribution in [0.15, 0.2) is 109 Å². The molecule has 0 bridgehead atoms. The van der Waals surface area contributed by atoms with Crippen LogP contribution >= 0.6 is 0 Å². The fourth-order valence-corrected chi connectivity index (χ4v) is 6.41. The number of nitrogens with one attached hydrogen (secondary N) is 4. The van der Waals surface area contributed by atoms with Crippen LogP contribution in [-0.4, -0.2) is 55.5 Å². The molecule has 0 saturated heterocycles. The first kappa shape index (κ1) is 37.1. The van der Waals surface area contributed by atoms with Crippen molar-refractivity contribution in [3.8, 4) is 11.1 Å². The topological polar surface area (TPSA) is 118 Å². The first-order valence-corrected chi connectivity index (χ1v) is 17.8. The Hall–Kier alpha value is -5.15. The molecule has 1 aliphatic carbocycles. The number of hydrogen-bond acceptors (Lipinski definition) is 6. The molecule has 51 heavy (non-hydrogen) atoms. The van der Waals surface area contributed by atoms with Crippen LogP contribution in [0, 0.1) is 0 Å². The number of unbranched alkanes of at least 4 members (excludes halogenated alkanes) is 1. The Bertz CT molecular complexity index is 1680. The van der Waals surface area contributed by atoms with Gasteiger partial charge in [0.05, 0.1) is 6.04 Å². The van der Waals surface area contributed by atoms with E-state index in [1.165, 1.54) is 11.1 Å². The van der Waals surface area contributed by atoms with E-state index in [1.54, 1.807) is 0 Å². The molecular formula is C42H50N4O5. The standard InChI is InChI=1S/C42H50N4O5/c1-42(2,3)51-41(49)43-25-15-14-24-38(39(47)44-27-31-18-8-5-9-19-31)46-32(26-30-16-6-4-7-17-30)28-45-40(48)50-29-37-35-22-12-10-20-33(35)34-21-11-13-23-36(34)37/h4-13,16-23,32,37-38,46H,14-15,24-29H2,1-3H3,(H,43,49)(H,44,47)(H,45,48)/t32-,38-/m0/s1. The van der Waals surface area contributed by atoms with Crippen LogP contribution in [0.2, 0.25) is 0 Å². The number of hydrogen-bond donors (Lipinski definition) is 4. The molecular weight excluding hydrogens is 640 g/mol. The predicted molar refractivity (Wildman–Crippen MR) is 200 cm³/mol. The van der Waals surface area contributed by atoms with E-state index < -0.39 is 23.8 Å². The van der Waals surface area contributed by atoms with Crippen molar-refractivity contribution in [1.29, 1.82) is 0 Å². The summed E-state index contributed by atoms with van der Waals surface area (Å²) in [5, 5.41) is 12.4. The van der Waals surface area contributed by atoms with Gasteiger partial charge in [-0.2, -0.15) is 0 Å². The minimum atomic E-state index is -0.572. The minimum absolute atomic E-state index is 0.0381. The van der Waals surface area contributed by atoms with Crippen LogP contribution < -0.4 is 21.3 Å². The van der Waals surface area contributed by atoms with Crippen molar-refractivity contribution in [3.05, 3.63) is 131 Å². The van der Waals surface area contributed by atoms with E-state index in [1.807, 2.05) is 106 Å². The van der Waals surface area contributed by atoms with E-state index in [-0.39, 0.29) is 31.0 Å². The van der Waals surface area contributed by atoms with E-state index in [0.29, 0.717) is 38.8 Å².